The Balaban J connectivity index is 2.43. The van der Waals surface area contributed by atoms with Gasteiger partial charge in [-0.1, -0.05) is 0 Å². The number of nitrogens with one attached hydrogen (secondary N) is 1. The minimum Gasteiger partial charge on any atom is -0.493 e. The van der Waals surface area contributed by atoms with Gasteiger partial charge in [0, 0.05) is 30.5 Å². The van der Waals surface area contributed by atoms with E-state index in [1.54, 1.807) is 12.1 Å². The number of hydrogen-bond donors (Lipinski definition) is 1. The predicted molar refractivity (Wildman–Crippen MR) is 111 cm³/mol. The van der Waals surface area contributed by atoms with Gasteiger partial charge in [-0.3, -0.25) is 14.9 Å². The molecule has 0 atom stereocenters. The highest BCUT2D eigenvalue weighted by Crippen LogP contribution is 2.46. The summed E-state index contributed by atoms with van der Waals surface area (Å²) in [6.45, 7) is 5.84. The zero-order chi connectivity index (χ0) is 21.6. The molecule has 0 aliphatic heterocycles. The number of nitrogens with zero attached hydrogens (tertiary/aromatic N) is 2. The molecule has 9 nitrogen and oxygen atoms in total. The second-order valence-corrected chi connectivity index (χ2v) is 5.97. The van der Waals surface area contributed by atoms with Crippen LogP contribution in [0.4, 0.5) is 17.1 Å². The molecule has 0 saturated heterocycles. The van der Waals surface area contributed by atoms with Crippen molar-refractivity contribution in [2.24, 2.45) is 0 Å². The third kappa shape index (κ3) is 4.50. The van der Waals surface area contributed by atoms with Crippen molar-refractivity contribution in [2.75, 3.05) is 44.6 Å². The molecule has 0 saturated carbocycles. The Morgan fingerprint density at radius 1 is 1.03 bits per heavy atom. The van der Waals surface area contributed by atoms with Crippen LogP contribution in [0.3, 0.4) is 0 Å². The number of carbonyl (C=O) groups excluding carboxylic acids is 1. The number of ether oxygens (including phenoxy) is 3. The molecule has 0 aromatic heterocycles. The van der Waals surface area contributed by atoms with Crippen LogP contribution < -0.4 is 24.4 Å². The lowest BCUT2D eigenvalue weighted by molar-refractivity contribution is -0.386. The van der Waals surface area contributed by atoms with Crippen molar-refractivity contribution < 1.29 is 23.9 Å². The maximum absolute atomic E-state index is 12.8. The first-order valence-electron chi connectivity index (χ1n) is 9.05. The molecule has 0 aliphatic rings. The van der Waals surface area contributed by atoms with Crippen molar-refractivity contribution >= 4 is 23.0 Å². The van der Waals surface area contributed by atoms with Gasteiger partial charge in [-0.25, -0.2) is 0 Å². The lowest BCUT2D eigenvalue weighted by atomic mass is 10.1. The highest BCUT2D eigenvalue weighted by Gasteiger charge is 2.32. The number of amides is 1. The molecule has 0 heterocycles. The van der Waals surface area contributed by atoms with Crippen molar-refractivity contribution in [3.63, 3.8) is 0 Å². The SMILES string of the molecule is CCN(CC)c1ccc(NC(=O)c2cc(OC)c(OC)c(OC)c2[N+](=O)[O-])cc1. The molecular formula is C20H25N3O6. The average molecular weight is 403 g/mol. The Labute approximate surface area is 169 Å². The normalized spacial score (nSPS) is 10.2. The summed E-state index contributed by atoms with van der Waals surface area (Å²) >= 11 is 0. The molecular weight excluding hydrogens is 378 g/mol. The first kappa shape index (κ1) is 21.8. The molecule has 0 spiro atoms. The van der Waals surface area contributed by atoms with Gasteiger partial charge in [0.25, 0.3) is 5.91 Å². The van der Waals surface area contributed by atoms with E-state index in [2.05, 4.69) is 24.1 Å². The van der Waals surface area contributed by atoms with E-state index in [1.165, 1.54) is 27.4 Å². The minimum atomic E-state index is -0.681. The van der Waals surface area contributed by atoms with Crippen molar-refractivity contribution in [1.29, 1.82) is 0 Å². The minimum absolute atomic E-state index is 0.0434. The average Bonchev–Trinajstić information content (AvgIpc) is 2.73. The second-order valence-electron chi connectivity index (χ2n) is 5.97. The van der Waals surface area contributed by atoms with Crippen LogP contribution in [-0.4, -0.2) is 45.2 Å². The van der Waals surface area contributed by atoms with Crippen LogP contribution >= 0.6 is 0 Å². The highest BCUT2D eigenvalue weighted by molar-refractivity contribution is 6.08. The van der Waals surface area contributed by atoms with Crippen LogP contribution in [0.2, 0.25) is 0 Å². The van der Waals surface area contributed by atoms with Crippen LogP contribution in [-0.2, 0) is 0 Å². The highest BCUT2D eigenvalue weighted by atomic mass is 16.6. The van der Waals surface area contributed by atoms with Gasteiger partial charge < -0.3 is 24.4 Å². The molecule has 0 bridgehead atoms. The summed E-state index contributed by atoms with van der Waals surface area (Å²) in [5, 5.41) is 14.3. The Kier molecular flexibility index (Phi) is 7.24. The molecule has 0 fully saturated rings. The summed E-state index contributed by atoms with van der Waals surface area (Å²) in [6, 6.07) is 8.52. The molecule has 0 radical (unpaired) electrons. The van der Waals surface area contributed by atoms with E-state index in [-0.39, 0.29) is 22.8 Å². The zero-order valence-corrected chi connectivity index (χ0v) is 17.1. The first-order chi connectivity index (χ1) is 13.9. The van der Waals surface area contributed by atoms with Crippen LogP contribution in [0.5, 0.6) is 17.2 Å². The number of methoxy groups -OCH3 is 3. The lowest BCUT2D eigenvalue weighted by Gasteiger charge is -2.21. The van der Waals surface area contributed by atoms with Gasteiger partial charge in [0.15, 0.2) is 5.75 Å². The summed E-state index contributed by atoms with van der Waals surface area (Å²) in [6.07, 6.45) is 0. The maximum atomic E-state index is 12.8. The van der Waals surface area contributed by atoms with Crippen LogP contribution in [0.25, 0.3) is 0 Å². The Hall–Kier alpha value is -3.49. The van der Waals surface area contributed by atoms with E-state index < -0.39 is 16.5 Å². The standard InChI is InChI=1S/C20H25N3O6/c1-6-22(7-2)14-10-8-13(9-11-14)21-20(24)15-12-16(27-3)18(28-4)19(29-5)17(15)23(25)26/h8-12H,6-7H2,1-5H3,(H,21,24). The summed E-state index contributed by atoms with van der Waals surface area (Å²) < 4.78 is 15.5. The van der Waals surface area contributed by atoms with Gasteiger partial charge >= 0.3 is 5.69 Å². The molecule has 29 heavy (non-hydrogen) atoms. The molecule has 2 aromatic carbocycles. The maximum Gasteiger partial charge on any atom is 0.327 e. The molecule has 0 unspecified atom stereocenters. The van der Waals surface area contributed by atoms with Gasteiger partial charge in [0.2, 0.25) is 11.5 Å². The Bertz CT molecular complexity index is 879. The topological polar surface area (TPSA) is 103 Å². The third-order valence-corrected chi connectivity index (χ3v) is 4.48. The Morgan fingerprint density at radius 3 is 2.07 bits per heavy atom. The van der Waals surface area contributed by atoms with Crippen molar-refractivity contribution in [2.45, 2.75) is 13.8 Å². The fourth-order valence-electron chi connectivity index (χ4n) is 3.04. The van der Waals surface area contributed by atoms with E-state index in [0.29, 0.717) is 5.69 Å². The number of rotatable bonds is 9. The second kappa shape index (κ2) is 9.63. The molecule has 1 amide bonds. The predicted octanol–water partition coefficient (Wildman–Crippen LogP) is 3.72. The number of hydrogen-bond acceptors (Lipinski definition) is 7. The van der Waals surface area contributed by atoms with Gasteiger partial charge in [0.05, 0.1) is 26.3 Å². The largest absolute Gasteiger partial charge is 0.493 e. The van der Waals surface area contributed by atoms with E-state index in [4.69, 9.17) is 14.2 Å². The summed E-state index contributed by atoms with van der Waals surface area (Å²) in [7, 11) is 3.97. The summed E-state index contributed by atoms with van der Waals surface area (Å²) in [5.41, 5.74) is 0.834. The van der Waals surface area contributed by atoms with Crippen molar-refractivity contribution in [3.05, 3.63) is 46.0 Å². The van der Waals surface area contributed by atoms with Crippen molar-refractivity contribution in [1.82, 2.24) is 0 Å². The van der Waals surface area contributed by atoms with Crippen LogP contribution in [0.15, 0.2) is 30.3 Å². The molecule has 2 rings (SSSR count). The number of nitro benzene ring substituents is 1. The fourth-order valence-corrected chi connectivity index (χ4v) is 3.04. The van der Waals surface area contributed by atoms with Gasteiger partial charge in [-0.15, -0.1) is 0 Å². The fraction of sp³-hybridized carbons (Fsp3) is 0.350. The van der Waals surface area contributed by atoms with E-state index in [1.807, 2.05) is 12.1 Å². The van der Waals surface area contributed by atoms with Gasteiger partial charge in [0.1, 0.15) is 5.56 Å². The quantitative estimate of drug-likeness (QED) is 0.503. The summed E-state index contributed by atoms with van der Waals surface area (Å²) in [5.74, 6) is -0.649. The smallest absolute Gasteiger partial charge is 0.327 e. The van der Waals surface area contributed by atoms with Crippen molar-refractivity contribution in [3.8, 4) is 17.2 Å². The molecule has 9 heteroatoms. The number of carbonyl (C=O) groups is 1. The van der Waals surface area contributed by atoms with Gasteiger partial charge in [-0.05, 0) is 38.1 Å². The van der Waals surface area contributed by atoms with Crippen LogP contribution in [0.1, 0.15) is 24.2 Å². The third-order valence-electron chi connectivity index (χ3n) is 4.48. The van der Waals surface area contributed by atoms with E-state index >= 15 is 0 Å². The van der Waals surface area contributed by atoms with E-state index in [0.717, 1.165) is 18.8 Å². The van der Waals surface area contributed by atoms with Gasteiger partial charge in [-0.2, -0.15) is 0 Å². The monoisotopic (exact) mass is 403 g/mol. The molecule has 1 N–H and O–H groups in total. The Morgan fingerprint density at radius 2 is 1.62 bits per heavy atom. The first-order valence-corrected chi connectivity index (χ1v) is 9.05. The van der Waals surface area contributed by atoms with E-state index in [9.17, 15) is 14.9 Å². The summed E-state index contributed by atoms with van der Waals surface area (Å²) in [4.78, 5) is 26.0. The van der Waals surface area contributed by atoms with Crippen LogP contribution in [0, 0.1) is 10.1 Å². The lowest BCUT2D eigenvalue weighted by Crippen LogP contribution is -2.21. The number of anilines is 2. The number of benzene rings is 2. The molecule has 0 aliphatic carbocycles. The number of nitro groups is 1. The molecule has 156 valence electrons. The zero-order valence-electron chi connectivity index (χ0n) is 17.1. The molecule has 2 aromatic rings.